The topological polar surface area (TPSA) is 59.1 Å². The number of fused-ring (bicyclic) bond motifs is 1. The van der Waals surface area contributed by atoms with Crippen molar-refractivity contribution in [2.45, 2.75) is 0 Å². The van der Waals surface area contributed by atoms with Crippen LogP contribution in [-0.4, -0.2) is 5.84 Å². The minimum Gasteiger partial charge on any atom is -0.457 e. The van der Waals surface area contributed by atoms with Crippen molar-refractivity contribution in [3.8, 4) is 11.5 Å². The molecule has 4 heteroatoms. The largest absolute Gasteiger partial charge is 0.457 e. The van der Waals surface area contributed by atoms with Crippen LogP contribution in [0.25, 0.3) is 10.8 Å². The Balaban J connectivity index is 2.00. The Morgan fingerprint density at radius 2 is 1.71 bits per heavy atom. The van der Waals surface area contributed by atoms with Crippen LogP contribution in [0.2, 0.25) is 5.02 Å². The number of benzene rings is 3. The van der Waals surface area contributed by atoms with E-state index in [1.54, 1.807) is 18.2 Å². The van der Waals surface area contributed by atoms with Crippen molar-refractivity contribution in [3.63, 3.8) is 0 Å². The predicted molar refractivity (Wildman–Crippen MR) is 86.5 cm³/mol. The molecular weight excluding hydrogens is 284 g/mol. The number of hydrogen-bond acceptors (Lipinski definition) is 2. The van der Waals surface area contributed by atoms with Gasteiger partial charge < -0.3 is 10.5 Å². The van der Waals surface area contributed by atoms with Gasteiger partial charge in [-0.05, 0) is 41.1 Å². The number of nitrogens with two attached hydrogens (primary N) is 1. The van der Waals surface area contributed by atoms with E-state index in [4.69, 9.17) is 27.5 Å². The summed E-state index contributed by atoms with van der Waals surface area (Å²) in [6.45, 7) is 0. The van der Waals surface area contributed by atoms with E-state index in [1.165, 1.54) is 0 Å². The lowest BCUT2D eigenvalue weighted by molar-refractivity contribution is 0.482. The first-order chi connectivity index (χ1) is 10.1. The van der Waals surface area contributed by atoms with Crippen LogP contribution >= 0.6 is 11.6 Å². The normalized spacial score (nSPS) is 10.5. The molecule has 0 aliphatic heterocycles. The summed E-state index contributed by atoms with van der Waals surface area (Å²) >= 11 is 5.93. The predicted octanol–water partition coefficient (Wildman–Crippen LogP) is 4.57. The molecule has 0 amide bonds. The van der Waals surface area contributed by atoms with Gasteiger partial charge in [-0.1, -0.05) is 41.9 Å². The zero-order chi connectivity index (χ0) is 14.8. The third-order valence-corrected chi connectivity index (χ3v) is 3.42. The number of halogens is 1. The van der Waals surface area contributed by atoms with Gasteiger partial charge in [-0.3, -0.25) is 5.41 Å². The van der Waals surface area contributed by atoms with Gasteiger partial charge in [0.2, 0.25) is 0 Å². The highest BCUT2D eigenvalue weighted by Gasteiger charge is 2.09. The van der Waals surface area contributed by atoms with Gasteiger partial charge in [0.1, 0.15) is 17.3 Å². The molecule has 3 aromatic rings. The van der Waals surface area contributed by atoms with E-state index in [0.717, 1.165) is 10.8 Å². The molecule has 0 aromatic heterocycles. The molecular formula is C17H13ClN2O. The van der Waals surface area contributed by atoms with Crippen LogP contribution in [-0.2, 0) is 0 Å². The van der Waals surface area contributed by atoms with Gasteiger partial charge in [0.25, 0.3) is 0 Å². The number of nitrogens with one attached hydrogen (secondary N) is 1. The van der Waals surface area contributed by atoms with E-state index in [0.29, 0.717) is 22.1 Å². The summed E-state index contributed by atoms with van der Waals surface area (Å²) in [6.07, 6.45) is 0. The fraction of sp³-hybridized carbons (Fsp3) is 0. The highest BCUT2D eigenvalue weighted by Crippen LogP contribution is 2.29. The number of rotatable bonds is 3. The molecule has 3 rings (SSSR count). The summed E-state index contributed by atoms with van der Waals surface area (Å²) in [5.41, 5.74) is 6.05. The van der Waals surface area contributed by atoms with E-state index >= 15 is 0 Å². The molecule has 0 atom stereocenters. The van der Waals surface area contributed by atoms with E-state index in [1.807, 2.05) is 42.5 Å². The van der Waals surface area contributed by atoms with E-state index in [9.17, 15) is 0 Å². The van der Waals surface area contributed by atoms with Crippen LogP contribution in [0.3, 0.4) is 0 Å². The molecule has 0 saturated carbocycles. The number of ether oxygens (including phenoxy) is 1. The van der Waals surface area contributed by atoms with E-state index < -0.39 is 0 Å². The maximum atomic E-state index is 7.61. The zero-order valence-corrected chi connectivity index (χ0v) is 11.9. The van der Waals surface area contributed by atoms with Gasteiger partial charge in [-0.2, -0.15) is 0 Å². The first kappa shape index (κ1) is 13.5. The molecule has 0 heterocycles. The van der Waals surface area contributed by atoms with Crippen molar-refractivity contribution in [1.29, 1.82) is 5.41 Å². The molecule has 3 N–H and O–H groups in total. The van der Waals surface area contributed by atoms with Gasteiger partial charge in [0.05, 0.1) is 5.56 Å². The number of amidine groups is 1. The van der Waals surface area contributed by atoms with Crippen molar-refractivity contribution in [1.82, 2.24) is 0 Å². The lowest BCUT2D eigenvalue weighted by Gasteiger charge is -2.11. The summed E-state index contributed by atoms with van der Waals surface area (Å²) in [4.78, 5) is 0. The smallest absolute Gasteiger partial charge is 0.138 e. The second-order valence-corrected chi connectivity index (χ2v) is 5.10. The van der Waals surface area contributed by atoms with Crippen LogP contribution in [0.5, 0.6) is 11.5 Å². The Labute approximate surface area is 127 Å². The van der Waals surface area contributed by atoms with Crippen molar-refractivity contribution in [2.24, 2.45) is 5.73 Å². The minimum absolute atomic E-state index is 0.0757. The quantitative estimate of drug-likeness (QED) is 0.549. The third kappa shape index (κ3) is 2.83. The van der Waals surface area contributed by atoms with Crippen LogP contribution in [0, 0.1) is 5.41 Å². The number of hydrogen-bond donors (Lipinski definition) is 2. The van der Waals surface area contributed by atoms with Crippen LogP contribution < -0.4 is 10.5 Å². The first-order valence-electron chi connectivity index (χ1n) is 6.44. The monoisotopic (exact) mass is 296 g/mol. The van der Waals surface area contributed by atoms with Gasteiger partial charge in [-0.15, -0.1) is 0 Å². The highest BCUT2D eigenvalue weighted by atomic mass is 35.5. The van der Waals surface area contributed by atoms with Gasteiger partial charge in [-0.25, -0.2) is 0 Å². The maximum Gasteiger partial charge on any atom is 0.138 e. The standard InChI is InChI=1S/C17H13ClN2O/c18-13-6-8-16(15(10-13)17(19)20)21-14-7-5-11-3-1-2-4-12(11)9-14/h1-10H,(H3,19,20). The average molecular weight is 297 g/mol. The average Bonchev–Trinajstić information content (AvgIpc) is 2.49. The van der Waals surface area contributed by atoms with Gasteiger partial charge in [0.15, 0.2) is 0 Å². The van der Waals surface area contributed by atoms with E-state index in [-0.39, 0.29) is 5.84 Å². The fourth-order valence-corrected chi connectivity index (χ4v) is 2.33. The zero-order valence-electron chi connectivity index (χ0n) is 11.1. The molecule has 0 aliphatic rings. The van der Waals surface area contributed by atoms with Crippen LogP contribution in [0.1, 0.15) is 5.56 Å². The SMILES string of the molecule is N=C(N)c1cc(Cl)ccc1Oc1ccc2ccccc2c1. The summed E-state index contributed by atoms with van der Waals surface area (Å²) in [7, 11) is 0. The molecule has 104 valence electrons. The van der Waals surface area contributed by atoms with Gasteiger partial charge in [0, 0.05) is 5.02 Å². The minimum atomic E-state index is -0.0757. The summed E-state index contributed by atoms with van der Waals surface area (Å²) in [6, 6.07) is 18.9. The van der Waals surface area contributed by atoms with Crippen molar-refractivity contribution in [3.05, 3.63) is 71.2 Å². The lowest BCUT2D eigenvalue weighted by Crippen LogP contribution is -2.12. The van der Waals surface area contributed by atoms with Crippen LogP contribution in [0.15, 0.2) is 60.7 Å². The van der Waals surface area contributed by atoms with Crippen molar-refractivity contribution in [2.75, 3.05) is 0 Å². The molecule has 3 aromatic carbocycles. The molecule has 0 radical (unpaired) electrons. The molecule has 0 aliphatic carbocycles. The first-order valence-corrected chi connectivity index (χ1v) is 6.82. The summed E-state index contributed by atoms with van der Waals surface area (Å²) in [5, 5.41) is 10.4. The van der Waals surface area contributed by atoms with Crippen molar-refractivity contribution < 1.29 is 4.74 Å². The molecule has 3 nitrogen and oxygen atoms in total. The second-order valence-electron chi connectivity index (χ2n) is 4.67. The Hall–Kier alpha value is -2.52. The summed E-state index contributed by atoms with van der Waals surface area (Å²) < 4.78 is 5.85. The maximum absolute atomic E-state index is 7.61. The third-order valence-electron chi connectivity index (χ3n) is 3.18. The molecule has 0 fully saturated rings. The molecule has 0 saturated heterocycles. The summed E-state index contributed by atoms with van der Waals surface area (Å²) in [5.74, 6) is 1.13. The molecule has 0 spiro atoms. The lowest BCUT2D eigenvalue weighted by atomic mass is 10.1. The Bertz CT molecular complexity index is 830. The molecule has 0 unspecified atom stereocenters. The Kier molecular flexibility index (Phi) is 3.50. The highest BCUT2D eigenvalue weighted by molar-refractivity contribution is 6.31. The molecule has 21 heavy (non-hydrogen) atoms. The fourth-order valence-electron chi connectivity index (χ4n) is 2.16. The Morgan fingerprint density at radius 3 is 2.48 bits per heavy atom. The number of nitrogen functional groups attached to an aromatic ring is 1. The second kappa shape index (κ2) is 5.46. The van der Waals surface area contributed by atoms with Crippen molar-refractivity contribution >= 4 is 28.2 Å². The van der Waals surface area contributed by atoms with E-state index in [2.05, 4.69) is 0 Å². The van der Waals surface area contributed by atoms with Gasteiger partial charge >= 0.3 is 0 Å². The molecule has 0 bridgehead atoms. The van der Waals surface area contributed by atoms with Crippen LogP contribution in [0.4, 0.5) is 0 Å². The Morgan fingerprint density at radius 1 is 0.952 bits per heavy atom.